The summed E-state index contributed by atoms with van der Waals surface area (Å²) in [5.41, 5.74) is 8.67. The number of hydrogen-bond donors (Lipinski definition) is 2. The number of nitrogens with two attached hydrogens (primary N) is 1. The lowest BCUT2D eigenvalue weighted by atomic mass is 9.82. The maximum Gasteiger partial charge on any atom is 0.340 e. The number of carbonyl (C=O) groups excluding carboxylic acids is 1. The van der Waals surface area contributed by atoms with Gasteiger partial charge in [-0.3, -0.25) is 0 Å². The highest BCUT2D eigenvalue weighted by atomic mass is 79.9. The standard InChI is InChI=1S/C26H24BrNO6/c1-3-32-21-12-18(19(27)13-22(21)33-14-15-7-5-4-6-8-15)23-17-10-9-16(29)11-20(17)34-25(28)24(23)26(30)31-2/h4-13,23,29H,3,14,28H2,1-2H3/t23-/m0/s1. The van der Waals surface area contributed by atoms with Crippen molar-refractivity contribution in [1.29, 1.82) is 0 Å². The molecule has 0 fully saturated rings. The molecule has 1 atom stereocenters. The molecule has 1 aliphatic rings. The summed E-state index contributed by atoms with van der Waals surface area (Å²) in [5.74, 6) is 0.102. The fourth-order valence-corrected chi connectivity index (χ4v) is 4.41. The van der Waals surface area contributed by atoms with Gasteiger partial charge in [0.25, 0.3) is 0 Å². The largest absolute Gasteiger partial charge is 0.508 e. The molecule has 4 rings (SSSR count). The van der Waals surface area contributed by atoms with Gasteiger partial charge >= 0.3 is 5.97 Å². The van der Waals surface area contributed by atoms with Crippen molar-refractivity contribution in [1.82, 2.24) is 0 Å². The van der Waals surface area contributed by atoms with Crippen LogP contribution in [0.5, 0.6) is 23.0 Å². The van der Waals surface area contributed by atoms with Gasteiger partial charge < -0.3 is 29.8 Å². The van der Waals surface area contributed by atoms with E-state index in [-0.39, 0.29) is 17.2 Å². The minimum absolute atomic E-state index is 0.0190. The van der Waals surface area contributed by atoms with Gasteiger partial charge in [0, 0.05) is 16.1 Å². The lowest BCUT2D eigenvalue weighted by Gasteiger charge is -2.29. The molecular formula is C26H24BrNO6. The van der Waals surface area contributed by atoms with Crippen molar-refractivity contribution in [2.24, 2.45) is 5.73 Å². The van der Waals surface area contributed by atoms with Crippen LogP contribution in [0.25, 0.3) is 0 Å². The molecule has 0 unspecified atom stereocenters. The SMILES string of the molecule is CCOc1cc([C@H]2C(C(=O)OC)=C(N)Oc3cc(O)ccc32)c(Br)cc1OCc1ccccc1. The van der Waals surface area contributed by atoms with Gasteiger partial charge in [-0.05, 0) is 36.2 Å². The highest BCUT2D eigenvalue weighted by molar-refractivity contribution is 9.10. The Hall–Kier alpha value is -3.65. The number of ether oxygens (including phenoxy) is 4. The van der Waals surface area contributed by atoms with E-state index in [2.05, 4.69) is 15.9 Å². The number of fused-ring (bicyclic) bond motifs is 1. The number of benzene rings is 3. The van der Waals surface area contributed by atoms with E-state index < -0.39 is 11.9 Å². The molecule has 176 valence electrons. The lowest BCUT2D eigenvalue weighted by Crippen LogP contribution is -2.27. The summed E-state index contributed by atoms with van der Waals surface area (Å²) in [4.78, 5) is 12.7. The van der Waals surface area contributed by atoms with Crippen LogP contribution < -0.4 is 19.9 Å². The number of halogens is 1. The van der Waals surface area contributed by atoms with Crippen molar-refractivity contribution in [3.8, 4) is 23.0 Å². The summed E-state index contributed by atoms with van der Waals surface area (Å²) in [6.45, 7) is 2.67. The first-order chi connectivity index (χ1) is 16.4. The third kappa shape index (κ3) is 4.68. The summed E-state index contributed by atoms with van der Waals surface area (Å²) in [7, 11) is 1.28. The van der Waals surface area contributed by atoms with Crippen LogP contribution in [0, 0.1) is 0 Å². The fourth-order valence-electron chi connectivity index (χ4n) is 3.86. The fraction of sp³-hybridized carbons (Fsp3) is 0.192. The molecule has 0 aliphatic carbocycles. The second-order valence-electron chi connectivity index (χ2n) is 7.55. The van der Waals surface area contributed by atoms with E-state index in [1.807, 2.05) is 49.4 Å². The Balaban J connectivity index is 1.81. The van der Waals surface area contributed by atoms with Crippen LogP contribution in [-0.2, 0) is 16.1 Å². The summed E-state index contributed by atoms with van der Waals surface area (Å²) < 4.78 is 23.3. The molecule has 0 bridgehead atoms. The molecule has 0 radical (unpaired) electrons. The van der Waals surface area contributed by atoms with E-state index in [9.17, 15) is 9.90 Å². The molecule has 3 aromatic carbocycles. The van der Waals surface area contributed by atoms with Crippen LogP contribution in [-0.4, -0.2) is 24.8 Å². The predicted molar refractivity (Wildman–Crippen MR) is 130 cm³/mol. The van der Waals surface area contributed by atoms with Crippen LogP contribution in [0.3, 0.4) is 0 Å². The van der Waals surface area contributed by atoms with Gasteiger partial charge in [-0.2, -0.15) is 0 Å². The molecule has 0 saturated carbocycles. The molecular weight excluding hydrogens is 502 g/mol. The smallest absolute Gasteiger partial charge is 0.340 e. The molecule has 0 aromatic heterocycles. The number of carbonyl (C=O) groups is 1. The van der Waals surface area contributed by atoms with Crippen LogP contribution in [0.2, 0.25) is 0 Å². The van der Waals surface area contributed by atoms with Gasteiger partial charge in [0.15, 0.2) is 11.5 Å². The van der Waals surface area contributed by atoms with Gasteiger partial charge in [-0.25, -0.2) is 4.79 Å². The number of phenols is 1. The average molecular weight is 526 g/mol. The molecule has 1 heterocycles. The van der Waals surface area contributed by atoms with Gasteiger partial charge in [0.05, 0.1) is 19.6 Å². The molecule has 0 saturated heterocycles. The first kappa shape index (κ1) is 23.5. The number of aromatic hydroxyl groups is 1. The van der Waals surface area contributed by atoms with Gasteiger partial charge in [0.1, 0.15) is 23.7 Å². The predicted octanol–water partition coefficient (Wildman–Crippen LogP) is 5.00. The van der Waals surface area contributed by atoms with E-state index in [0.717, 1.165) is 5.56 Å². The van der Waals surface area contributed by atoms with Crippen molar-refractivity contribution in [2.45, 2.75) is 19.4 Å². The molecule has 0 spiro atoms. The second-order valence-corrected chi connectivity index (χ2v) is 8.41. The minimum Gasteiger partial charge on any atom is -0.508 e. The number of phenolic OH excluding ortho intramolecular Hbond substituents is 1. The number of rotatable bonds is 7. The Bertz CT molecular complexity index is 1240. The molecule has 3 N–H and O–H groups in total. The average Bonchev–Trinajstić information content (AvgIpc) is 2.83. The molecule has 8 heteroatoms. The third-order valence-corrected chi connectivity index (χ3v) is 6.09. The molecule has 3 aromatic rings. The van der Waals surface area contributed by atoms with Gasteiger partial charge in [-0.1, -0.05) is 52.3 Å². The zero-order chi connectivity index (χ0) is 24.2. The molecule has 34 heavy (non-hydrogen) atoms. The van der Waals surface area contributed by atoms with Crippen LogP contribution in [0.1, 0.15) is 29.5 Å². The second kappa shape index (κ2) is 10.1. The van der Waals surface area contributed by atoms with E-state index in [4.69, 9.17) is 24.7 Å². The maximum atomic E-state index is 12.7. The number of hydrogen-bond acceptors (Lipinski definition) is 7. The van der Waals surface area contributed by atoms with Gasteiger partial charge in [0.2, 0.25) is 5.88 Å². The number of methoxy groups -OCH3 is 1. The minimum atomic E-state index is -0.631. The summed E-state index contributed by atoms with van der Waals surface area (Å²) >= 11 is 3.64. The molecule has 1 aliphatic heterocycles. The van der Waals surface area contributed by atoms with Crippen molar-refractivity contribution >= 4 is 21.9 Å². The molecule has 0 amide bonds. The first-order valence-electron chi connectivity index (χ1n) is 10.6. The Morgan fingerprint density at radius 1 is 1.06 bits per heavy atom. The van der Waals surface area contributed by atoms with Crippen LogP contribution >= 0.6 is 15.9 Å². The normalized spacial score (nSPS) is 14.7. The van der Waals surface area contributed by atoms with E-state index >= 15 is 0 Å². The summed E-state index contributed by atoms with van der Waals surface area (Å²) in [5, 5.41) is 9.94. The zero-order valence-electron chi connectivity index (χ0n) is 18.7. The van der Waals surface area contributed by atoms with Crippen molar-refractivity contribution in [2.75, 3.05) is 13.7 Å². The van der Waals surface area contributed by atoms with Crippen molar-refractivity contribution in [3.63, 3.8) is 0 Å². The monoisotopic (exact) mass is 525 g/mol. The zero-order valence-corrected chi connectivity index (χ0v) is 20.3. The Morgan fingerprint density at radius 3 is 2.50 bits per heavy atom. The van der Waals surface area contributed by atoms with Crippen molar-refractivity contribution < 1.29 is 28.8 Å². The number of esters is 1. The topological polar surface area (TPSA) is 100 Å². The van der Waals surface area contributed by atoms with E-state index in [1.54, 1.807) is 6.07 Å². The molecule has 7 nitrogen and oxygen atoms in total. The van der Waals surface area contributed by atoms with Crippen molar-refractivity contribution in [3.05, 3.63) is 93.3 Å². The van der Waals surface area contributed by atoms with E-state index in [0.29, 0.717) is 46.1 Å². The Morgan fingerprint density at radius 2 is 1.79 bits per heavy atom. The quantitative estimate of drug-likeness (QED) is 0.418. The third-order valence-electron chi connectivity index (χ3n) is 5.40. The highest BCUT2D eigenvalue weighted by Gasteiger charge is 2.37. The Kier molecular flexibility index (Phi) is 6.98. The van der Waals surface area contributed by atoms with Crippen LogP contribution in [0.15, 0.2) is 76.6 Å². The summed E-state index contributed by atoms with van der Waals surface area (Å²) in [6, 6.07) is 18.1. The Labute approximate surface area is 205 Å². The van der Waals surface area contributed by atoms with E-state index in [1.165, 1.54) is 19.2 Å². The summed E-state index contributed by atoms with van der Waals surface area (Å²) in [6.07, 6.45) is 0. The highest BCUT2D eigenvalue weighted by Crippen LogP contribution is 2.48. The first-order valence-corrected chi connectivity index (χ1v) is 11.4. The van der Waals surface area contributed by atoms with Gasteiger partial charge in [-0.15, -0.1) is 0 Å². The lowest BCUT2D eigenvalue weighted by molar-refractivity contribution is -0.136. The maximum absolute atomic E-state index is 12.7. The van der Waals surface area contributed by atoms with Crippen LogP contribution in [0.4, 0.5) is 0 Å².